The minimum absolute atomic E-state index is 0.123. The van der Waals surface area contributed by atoms with Crippen LogP contribution in [0.1, 0.15) is 50.2 Å². The zero-order chi connectivity index (χ0) is 12.8. The first-order chi connectivity index (χ1) is 8.58. The third-order valence-corrected chi connectivity index (χ3v) is 4.86. The van der Waals surface area contributed by atoms with Crippen LogP contribution in [0.15, 0.2) is 16.6 Å². The number of hydrogen-bond acceptors (Lipinski definition) is 2. The second-order valence-electron chi connectivity index (χ2n) is 5.80. The van der Waals surface area contributed by atoms with Crippen molar-refractivity contribution in [3.8, 4) is 5.75 Å². The lowest BCUT2D eigenvalue weighted by atomic mass is 9.77. The van der Waals surface area contributed by atoms with Crippen molar-refractivity contribution in [2.45, 2.75) is 57.1 Å². The minimum atomic E-state index is -0.123. The van der Waals surface area contributed by atoms with Crippen LogP contribution in [0.3, 0.4) is 0 Å². The fourth-order valence-electron chi connectivity index (χ4n) is 3.25. The van der Waals surface area contributed by atoms with E-state index in [9.17, 15) is 0 Å². The van der Waals surface area contributed by atoms with Crippen molar-refractivity contribution in [3.63, 3.8) is 0 Å². The summed E-state index contributed by atoms with van der Waals surface area (Å²) in [7, 11) is 0. The van der Waals surface area contributed by atoms with Gasteiger partial charge in [0.15, 0.2) is 0 Å². The number of hydrogen-bond donors (Lipinski definition) is 1. The van der Waals surface area contributed by atoms with E-state index < -0.39 is 0 Å². The van der Waals surface area contributed by atoms with Crippen LogP contribution >= 0.6 is 15.9 Å². The van der Waals surface area contributed by atoms with Crippen molar-refractivity contribution in [2.75, 3.05) is 0 Å². The lowest BCUT2D eigenvalue weighted by Crippen LogP contribution is -2.38. The molecule has 1 saturated carbocycles. The maximum atomic E-state index is 6.62. The van der Waals surface area contributed by atoms with Gasteiger partial charge in [-0.05, 0) is 52.9 Å². The predicted octanol–water partition coefficient (Wildman–Crippen LogP) is 3.89. The van der Waals surface area contributed by atoms with Crippen LogP contribution in [0, 0.1) is 0 Å². The van der Waals surface area contributed by atoms with E-state index in [0.29, 0.717) is 0 Å². The van der Waals surface area contributed by atoms with E-state index >= 15 is 0 Å². The minimum Gasteiger partial charge on any atom is -0.489 e. The molecule has 1 aromatic rings. The van der Waals surface area contributed by atoms with Gasteiger partial charge in [0.1, 0.15) is 11.9 Å². The van der Waals surface area contributed by atoms with Crippen LogP contribution in [0.4, 0.5) is 0 Å². The maximum absolute atomic E-state index is 6.62. The highest BCUT2D eigenvalue weighted by Crippen LogP contribution is 2.42. The van der Waals surface area contributed by atoms with Crippen LogP contribution in [-0.4, -0.2) is 6.10 Å². The largest absolute Gasteiger partial charge is 0.489 e. The van der Waals surface area contributed by atoms with E-state index in [2.05, 4.69) is 35.0 Å². The second kappa shape index (κ2) is 4.53. The summed E-state index contributed by atoms with van der Waals surface area (Å²) < 4.78 is 6.89. The summed E-state index contributed by atoms with van der Waals surface area (Å²) in [6, 6.07) is 4.44. The number of nitrogens with two attached hydrogens (primary N) is 1. The van der Waals surface area contributed by atoms with E-state index in [4.69, 9.17) is 10.5 Å². The lowest BCUT2D eigenvalue weighted by molar-refractivity contribution is 0.253. The molecule has 0 spiro atoms. The van der Waals surface area contributed by atoms with Gasteiger partial charge in [0.25, 0.3) is 0 Å². The first-order valence-electron chi connectivity index (χ1n) is 6.87. The molecule has 1 atom stereocenters. The van der Waals surface area contributed by atoms with Gasteiger partial charge in [0.05, 0.1) is 4.47 Å². The maximum Gasteiger partial charge on any atom is 0.137 e. The van der Waals surface area contributed by atoms with Crippen LogP contribution in [0.2, 0.25) is 0 Å². The Morgan fingerprint density at radius 1 is 1.28 bits per heavy atom. The first kappa shape index (κ1) is 12.5. The molecular weight excluding hydrogens is 290 g/mol. The molecule has 1 aliphatic carbocycles. The van der Waals surface area contributed by atoms with Gasteiger partial charge in [-0.2, -0.15) is 0 Å². The highest BCUT2D eigenvalue weighted by Gasteiger charge is 2.32. The molecule has 1 fully saturated rings. The summed E-state index contributed by atoms with van der Waals surface area (Å²) in [5, 5.41) is 0. The average molecular weight is 310 g/mol. The molecule has 2 N–H and O–H groups in total. The van der Waals surface area contributed by atoms with Gasteiger partial charge in [-0.3, -0.25) is 0 Å². The van der Waals surface area contributed by atoms with Gasteiger partial charge in [0, 0.05) is 12.0 Å². The van der Waals surface area contributed by atoms with Gasteiger partial charge in [-0.1, -0.05) is 25.3 Å². The van der Waals surface area contributed by atoms with Crippen molar-refractivity contribution in [1.82, 2.24) is 0 Å². The van der Waals surface area contributed by atoms with Crippen LogP contribution in [-0.2, 0) is 12.0 Å². The Balaban J connectivity index is 1.99. The highest BCUT2D eigenvalue weighted by atomic mass is 79.9. The molecular formula is C15H20BrNO. The summed E-state index contributed by atoms with van der Waals surface area (Å²) in [5.41, 5.74) is 9.08. The van der Waals surface area contributed by atoms with Crippen LogP contribution in [0.25, 0.3) is 0 Å². The topological polar surface area (TPSA) is 35.2 Å². The highest BCUT2D eigenvalue weighted by molar-refractivity contribution is 9.10. The SMILES string of the molecule is CC1Cc2cc(C3(N)CCCCC3)cc(Br)c2O1. The smallest absolute Gasteiger partial charge is 0.137 e. The summed E-state index contributed by atoms with van der Waals surface area (Å²) in [6.45, 7) is 2.12. The van der Waals surface area contributed by atoms with Gasteiger partial charge in [0.2, 0.25) is 0 Å². The van der Waals surface area contributed by atoms with Gasteiger partial charge in [-0.25, -0.2) is 0 Å². The Morgan fingerprint density at radius 2 is 2.00 bits per heavy atom. The summed E-state index contributed by atoms with van der Waals surface area (Å²) in [4.78, 5) is 0. The van der Waals surface area contributed by atoms with Crippen molar-refractivity contribution in [2.24, 2.45) is 5.73 Å². The zero-order valence-electron chi connectivity index (χ0n) is 10.8. The molecule has 2 nitrogen and oxygen atoms in total. The van der Waals surface area contributed by atoms with E-state index in [-0.39, 0.29) is 11.6 Å². The van der Waals surface area contributed by atoms with Crippen molar-refractivity contribution < 1.29 is 4.74 Å². The molecule has 1 unspecified atom stereocenters. The summed E-state index contributed by atoms with van der Waals surface area (Å²) in [5.74, 6) is 1.02. The molecule has 1 heterocycles. The lowest BCUT2D eigenvalue weighted by Gasteiger charge is -2.34. The summed E-state index contributed by atoms with van der Waals surface area (Å²) in [6.07, 6.45) is 7.31. The van der Waals surface area contributed by atoms with Gasteiger partial charge in [-0.15, -0.1) is 0 Å². The molecule has 18 heavy (non-hydrogen) atoms. The first-order valence-corrected chi connectivity index (χ1v) is 7.66. The molecule has 1 aromatic carbocycles. The zero-order valence-corrected chi connectivity index (χ0v) is 12.4. The van der Waals surface area contributed by atoms with Crippen molar-refractivity contribution >= 4 is 15.9 Å². The standard InChI is InChI=1S/C15H20BrNO/c1-10-7-11-8-12(9-13(16)14(11)18-10)15(17)5-3-2-4-6-15/h8-10H,2-7,17H2,1H3. The Kier molecular flexibility index (Phi) is 3.15. The van der Waals surface area contributed by atoms with E-state index in [1.54, 1.807) is 0 Å². The predicted molar refractivity (Wildman–Crippen MR) is 76.9 cm³/mol. The Hall–Kier alpha value is -0.540. The fourth-order valence-corrected chi connectivity index (χ4v) is 3.84. The fraction of sp³-hybridized carbons (Fsp3) is 0.600. The third kappa shape index (κ3) is 2.08. The molecule has 3 heteroatoms. The Bertz CT molecular complexity index is 466. The van der Waals surface area contributed by atoms with E-state index in [1.807, 2.05) is 0 Å². The second-order valence-corrected chi connectivity index (χ2v) is 6.65. The third-order valence-electron chi connectivity index (χ3n) is 4.27. The quantitative estimate of drug-likeness (QED) is 0.854. The molecule has 2 aliphatic rings. The Morgan fingerprint density at radius 3 is 2.72 bits per heavy atom. The number of fused-ring (bicyclic) bond motifs is 1. The number of ether oxygens (including phenoxy) is 1. The van der Waals surface area contributed by atoms with Crippen molar-refractivity contribution in [3.05, 3.63) is 27.7 Å². The number of halogens is 1. The molecule has 0 bridgehead atoms. The van der Waals surface area contributed by atoms with Gasteiger partial charge >= 0.3 is 0 Å². The van der Waals surface area contributed by atoms with Gasteiger partial charge < -0.3 is 10.5 Å². The molecule has 1 aliphatic heterocycles. The Labute approximate surface area is 117 Å². The van der Waals surface area contributed by atoms with E-state index in [0.717, 1.165) is 29.5 Å². The summed E-state index contributed by atoms with van der Waals surface area (Å²) >= 11 is 3.64. The normalized spacial score (nSPS) is 25.6. The molecule has 0 radical (unpaired) electrons. The average Bonchev–Trinajstić information content (AvgIpc) is 2.71. The van der Waals surface area contributed by atoms with Crippen LogP contribution in [0.5, 0.6) is 5.75 Å². The molecule has 3 rings (SSSR count). The molecule has 98 valence electrons. The number of benzene rings is 1. The molecule has 0 aromatic heterocycles. The van der Waals surface area contributed by atoms with Crippen molar-refractivity contribution in [1.29, 1.82) is 0 Å². The number of rotatable bonds is 1. The van der Waals surface area contributed by atoms with Crippen LogP contribution < -0.4 is 10.5 Å². The van der Waals surface area contributed by atoms with E-state index in [1.165, 1.54) is 30.4 Å². The monoisotopic (exact) mass is 309 g/mol. The molecule has 0 saturated heterocycles. The molecule has 0 amide bonds.